The summed E-state index contributed by atoms with van der Waals surface area (Å²) in [6.45, 7) is 1.38. The maximum atomic E-state index is 10.4. The standard InChI is InChI=1S/C8H7N.C8H8O2/c1-2-4-8-7(3-1)5-6-9-8;1-7(9)10-8-5-3-2-4-6-8/h1-6,9H;2-6H,1H3. The Balaban J connectivity index is 0.000000141. The topological polar surface area (TPSA) is 42.1 Å². The molecule has 0 unspecified atom stereocenters. The highest BCUT2D eigenvalue weighted by molar-refractivity contribution is 5.78. The van der Waals surface area contributed by atoms with Crippen LogP contribution < -0.4 is 4.74 Å². The monoisotopic (exact) mass is 253 g/mol. The lowest BCUT2D eigenvalue weighted by atomic mass is 10.3. The molecular weight excluding hydrogens is 238 g/mol. The predicted octanol–water partition coefficient (Wildman–Crippen LogP) is 3.78. The van der Waals surface area contributed by atoms with Crippen LogP contribution in [0, 0.1) is 0 Å². The van der Waals surface area contributed by atoms with Gasteiger partial charge in [-0.1, -0.05) is 36.4 Å². The number of aromatic nitrogens is 1. The lowest BCUT2D eigenvalue weighted by molar-refractivity contribution is -0.131. The number of H-pyrrole nitrogens is 1. The summed E-state index contributed by atoms with van der Waals surface area (Å²) in [4.78, 5) is 13.5. The van der Waals surface area contributed by atoms with Crippen LogP contribution in [0.15, 0.2) is 66.9 Å². The van der Waals surface area contributed by atoms with E-state index in [1.165, 1.54) is 17.8 Å². The number of aromatic amines is 1. The van der Waals surface area contributed by atoms with E-state index in [1.54, 1.807) is 12.1 Å². The van der Waals surface area contributed by atoms with Gasteiger partial charge in [-0.3, -0.25) is 4.79 Å². The number of carbonyl (C=O) groups excluding carboxylic acids is 1. The quantitative estimate of drug-likeness (QED) is 0.529. The largest absolute Gasteiger partial charge is 0.427 e. The number of carbonyl (C=O) groups is 1. The third-order valence-corrected chi connectivity index (χ3v) is 2.47. The molecule has 3 rings (SSSR count). The lowest BCUT2D eigenvalue weighted by Gasteiger charge is -1.97. The molecule has 3 heteroatoms. The molecule has 0 saturated heterocycles. The average Bonchev–Trinajstić information content (AvgIpc) is 2.88. The minimum atomic E-state index is -0.286. The van der Waals surface area contributed by atoms with Crippen LogP contribution in [0.1, 0.15) is 6.92 Å². The minimum absolute atomic E-state index is 0.286. The number of esters is 1. The van der Waals surface area contributed by atoms with E-state index in [-0.39, 0.29) is 5.97 Å². The summed E-state index contributed by atoms with van der Waals surface area (Å²) in [5.41, 5.74) is 1.21. The lowest BCUT2D eigenvalue weighted by Crippen LogP contribution is -2.00. The van der Waals surface area contributed by atoms with Gasteiger partial charge in [-0.25, -0.2) is 0 Å². The van der Waals surface area contributed by atoms with Gasteiger partial charge in [-0.05, 0) is 29.7 Å². The van der Waals surface area contributed by atoms with E-state index in [0.29, 0.717) is 5.75 Å². The Morgan fingerprint density at radius 3 is 2.32 bits per heavy atom. The Morgan fingerprint density at radius 2 is 1.63 bits per heavy atom. The Kier molecular flexibility index (Phi) is 4.34. The van der Waals surface area contributed by atoms with Crippen LogP contribution in [0.2, 0.25) is 0 Å². The van der Waals surface area contributed by atoms with E-state index < -0.39 is 0 Å². The fraction of sp³-hybridized carbons (Fsp3) is 0.0625. The van der Waals surface area contributed by atoms with Gasteiger partial charge >= 0.3 is 5.97 Å². The predicted molar refractivity (Wildman–Crippen MR) is 76.0 cm³/mol. The van der Waals surface area contributed by atoms with Gasteiger partial charge in [0.2, 0.25) is 0 Å². The van der Waals surface area contributed by atoms with E-state index in [0.717, 1.165) is 0 Å². The van der Waals surface area contributed by atoms with Crippen LogP contribution in [-0.4, -0.2) is 11.0 Å². The molecule has 1 heterocycles. The zero-order chi connectivity index (χ0) is 13.5. The SMILES string of the molecule is CC(=O)Oc1ccccc1.c1ccc2[nH]ccc2c1. The van der Waals surface area contributed by atoms with Crippen LogP contribution in [0.4, 0.5) is 0 Å². The highest BCUT2D eigenvalue weighted by atomic mass is 16.5. The summed E-state index contributed by atoms with van der Waals surface area (Å²) in [5, 5.41) is 1.28. The molecule has 19 heavy (non-hydrogen) atoms. The second-order valence-electron chi connectivity index (χ2n) is 3.97. The van der Waals surface area contributed by atoms with E-state index in [4.69, 9.17) is 4.74 Å². The summed E-state index contributed by atoms with van der Waals surface area (Å²) in [6.07, 6.45) is 1.95. The van der Waals surface area contributed by atoms with Crippen LogP contribution in [0.5, 0.6) is 5.75 Å². The number of nitrogens with one attached hydrogen (secondary N) is 1. The van der Waals surface area contributed by atoms with Crippen molar-refractivity contribution in [3.05, 3.63) is 66.9 Å². The minimum Gasteiger partial charge on any atom is -0.427 e. The fourth-order valence-corrected chi connectivity index (χ4v) is 1.65. The normalized spacial score (nSPS) is 9.53. The molecule has 96 valence electrons. The molecule has 0 aliphatic carbocycles. The first-order chi connectivity index (χ1) is 9.25. The molecule has 0 atom stereocenters. The summed E-state index contributed by atoms with van der Waals surface area (Å²) in [6, 6.07) is 19.3. The highest BCUT2D eigenvalue weighted by Crippen LogP contribution is 2.09. The third-order valence-electron chi connectivity index (χ3n) is 2.47. The average molecular weight is 253 g/mol. The third kappa shape index (κ3) is 4.00. The first-order valence-electron chi connectivity index (χ1n) is 6.01. The van der Waals surface area contributed by atoms with Crippen molar-refractivity contribution < 1.29 is 9.53 Å². The molecule has 3 nitrogen and oxygen atoms in total. The van der Waals surface area contributed by atoms with Crippen LogP contribution in [-0.2, 0) is 4.79 Å². The van der Waals surface area contributed by atoms with Crippen molar-refractivity contribution in [3.8, 4) is 5.75 Å². The van der Waals surface area contributed by atoms with Gasteiger partial charge in [0.1, 0.15) is 5.75 Å². The number of ether oxygens (including phenoxy) is 1. The van der Waals surface area contributed by atoms with Crippen LogP contribution in [0.25, 0.3) is 10.9 Å². The fourth-order valence-electron chi connectivity index (χ4n) is 1.65. The van der Waals surface area contributed by atoms with Gasteiger partial charge in [-0.15, -0.1) is 0 Å². The number of para-hydroxylation sites is 2. The highest BCUT2D eigenvalue weighted by Gasteiger charge is 1.93. The van der Waals surface area contributed by atoms with Gasteiger partial charge in [0.25, 0.3) is 0 Å². The summed E-state index contributed by atoms with van der Waals surface area (Å²) in [7, 11) is 0. The molecule has 3 aromatic rings. The van der Waals surface area contributed by atoms with Crippen molar-refractivity contribution >= 4 is 16.9 Å². The van der Waals surface area contributed by atoms with Crippen molar-refractivity contribution in [2.24, 2.45) is 0 Å². The van der Waals surface area contributed by atoms with E-state index >= 15 is 0 Å². The molecule has 0 fully saturated rings. The molecule has 2 aromatic carbocycles. The van der Waals surface area contributed by atoms with Crippen LogP contribution >= 0.6 is 0 Å². The molecule has 0 aliphatic rings. The van der Waals surface area contributed by atoms with E-state index in [9.17, 15) is 4.79 Å². The van der Waals surface area contributed by atoms with Crippen molar-refractivity contribution in [2.75, 3.05) is 0 Å². The molecule has 0 radical (unpaired) electrons. The molecule has 1 N–H and O–H groups in total. The number of hydrogen-bond donors (Lipinski definition) is 1. The first-order valence-corrected chi connectivity index (χ1v) is 6.01. The molecule has 0 saturated carbocycles. The number of fused-ring (bicyclic) bond motifs is 1. The molecular formula is C16H15NO2. The van der Waals surface area contributed by atoms with Crippen LogP contribution in [0.3, 0.4) is 0 Å². The Hall–Kier alpha value is -2.55. The second kappa shape index (κ2) is 6.40. The summed E-state index contributed by atoms with van der Waals surface area (Å²) < 4.78 is 4.78. The Bertz CT molecular complexity index is 614. The van der Waals surface area contributed by atoms with Crippen molar-refractivity contribution in [1.29, 1.82) is 0 Å². The van der Waals surface area contributed by atoms with E-state index in [2.05, 4.69) is 23.2 Å². The zero-order valence-corrected chi connectivity index (χ0v) is 10.7. The second-order valence-corrected chi connectivity index (χ2v) is 3.97. The number of hydrogen-bond acceptors (Lipinski definition) is 2. The van der Waals surface area contributed by atoms with Gasteiger partial charge in [0.05, 0.1) is 0 Å². The van der Waals surface area contributed by atoms with Gasteiger partial charge in [0.15, 0.2) is 0 Å². The number of rotatable bonds is 1. The molecule has 0 bridgehead atoms. The van der Waals surface area contributed by atoms with Crippen molar-refractivity contribution in [2.45, 2.75) is 6.92 Å². The summed E-state index contributed by atoms with van der Waals surface area (Å²) in [5.74, 6) is 0.307. The van der Waals surface area contributed by atoms with Gasteiger partial charge in [0, 0.05) is 18.6 Å². The van der Waals surface area contributed by atoms with Crippen molar-refractivity contribution in [1.82, 2.24) is 4.98 Å². The first kappa shape index (κ1) is 12.9. The van der Waals surface area contributed by atoms with Gasteiger partial charge < -0.3 is 9.72 Å². The van der Waals surface area contributed by atoms with Gasteiger partial charge in [-0.2, -0.15) is 0 Å². The molecule has 0 aliphatic heterocycles. The van der Waals surface area contributed by atoms with Crippen molar-refractivity contribution in [3.63, 3.8) is 0 Å². The Labute approximate surface area is 111 Å². The Morgan fingerprint density at radius 1 is 0.947 bits per heavy atom. The summed E-state index contributed by atoms with van der Waals surface area (Å²) >= 11 is 0. The number of benzene rings is 2. The maximum absolute atomic E-state index is 10.4. The van der Waals surface area contributed by atoms with E-state index in [1.807, 2.05) is 36.5 Å². The maximum Gasteiger partial charge on any atom is 0.308 e. The molecule has 1 aromatic heterocycles. The zero-order valence-electron chi connectivity index (χ0n) is 10.7. The molecule has 0 amide bonds. The smallest absolute Gasteiger partial charge is 0.308 e. The molecule has 0 spiro atoms.